The molecule has 0 rings (SSSR count). The van der Waals surface area contributed by atoms with Crippen LogP contribution in [0.2, 0.25) is 18.1 Å². The first kappa shape index (κ1) is 24.9. The normalized spacial score (nSPS) is 17.0. The van der Waals surface area contributed by atoms with Gasteiger partial charge in [-0.05, 0) is 49.7 Å². The summed E-state index contributed by atoms with van der Waals surface area (Å²) in [5.41, 5.74) is 0. The fourth-order valence-corrected chi connectivity index (χ4v) is 4.33. The highest BCUT2D eigenvalue weighted by molar-refractivity contribution is 6.74. The lowest BCUT2D eigenvalue weighted by atomic mass is 9.98. The van der Waals surface area contributed by atoms with Crippen LogP contribution in [0.15, 0.2) is 12.2 Å². The summed E-state index contributed by atoms with van der Waals surface area (Å²) in [6.45, 7) is 20.9. The predicted molar refractivity (Wildman–Crippen MR) is 118 cm³/mol. The van der Waals surface area contributed by atoms with Crippen LogP contribution in [0.4, 0.5) is 0 Å². The summed E-state index contributed by atoms with van der Waals surface area (Å²) in [6, 6.07) is 0. The van der Waals surface area contributed by atoms with Crippen molar-refractivity contribution in [1.29, 1.82) is 0 Å². The van der Waals surface area contributed by atoms with Crippen LogP contribution >= 0.6 is 0 Å². The lowest BCUT2D eigenvalue weighted by Crippen LogP contribution is -2.44. The van der Waals surface area contributed by atoms with E-state index in [4.69, 9.17) is 4.43 Å². The van der Waals surface area contributed by atoms with Crippen LogP contribution in [0.5, 0.6) is 0 Å². The summed E-state index contributed by atoms with van der Waals surface area (Å²) in [5, 5.41) is 0.294. The van der Waals surface area contributed by atoms with Crippen LogP contribution in [0.25, 0.3) is 0 Å². The minimum Gasteiger partial charge on any atom is -0.414 e. The molecule has 0 aromatic heterocycles. The van der Waals surface area contributed by atoms with Gasteiger partial charge >= 0.3 is 0 Å². The Labute approximate surface area is 161 Å². The second-order valence-corrected chi connectivity index (χ2v) is 14.5. The van der Waals surface area contributed by atoms with Crippen molar-refractivity contribution in [3.05, 3.63) is 12.2 Å². The van der Waals surface area contributed by atoms with Crippen LogP contribution in [-0.4, -0.2) is 14.4 Å². The van der Waals surface area contributed by atoms with Crippen molar-refractivity contribution in [2.24, 2.45) is 11.8 Å². The molecule has 0 saturated carbocycles. The summed E-state index contributed by atoms with van der Waals surface area (Å²) in [5.74, 6) is 1.31. The van der Waals surface area contributed by atoms with E-state index in [9.17, 15) is 0 Å². The molecule has 0 bridgehead atoms. The highest BCUT2D eigenvalue weighted by Crippen LogP contribution is 2.38. The van der Waals surface area contributed by atoms with E-state index in [-0.39, 0.29) is 0 Å². The minimum atomic E-state index is -1.65. The number of unbranched alkanes of at least 4 members (excludes halogenated alkanes) is 5. The van der Waals surface area contributed by atoms with Gasteiger partial charge in [-0.3, -0.25) is 0 Å². The molecular weight excluding hydrogens is 320 g/mol. The molecule has 0 N–H and O–H groups in total. The van der Waals surface area contributed by atoms with E-state index in [1.165, 1.54) is 44.9 Å². The van der Waals surface area contributed by atoms with Crippen molar-refractivity contribution in [2.45, 2.75) is 124 Å². The molecule has 0 radical (unpaired) electrons. The van der Waals surface area contributed by atoms with Gasteiger partial charge in [0.15, 0.2) is 8.32 Å². The van der Waals surface area contributed by atoms with Gasteiger partial charge in [0.2, 0.25) is 0 Å². The van der Waals surface area contributed by atoms with Crippen molar-refractivity contribution in [3.8, 4) is 0 Å². The lowest BCUT2D eigenvalue weighted by molar-refractivity contribution is 0.144. The van der Waals surface area contributed by atoms with Gasteiger partial charge in [-0.2, -0.15) is 0 Å². The number of hydrogen-bond donors (Lipinski definition) is 0. The summed E-state index contributed by atoms with van der Waals surface area (Å²) in [6.07, 6.45) is 16.0. The Bertz CT molecular complexity index is 354. The molecule has 0 fully saturated rings. The predicted octanol–water partition coefficient (Wildman–Crippen LogP) is 8.37. The molecular formula is C23H48OSi. The fraction of sp³-hybridized carbons (Fsp3) is 0.913. The van der Waals surface area contributed by atoms with Crippen molar-refractivity contribution >= 4 is 8.32 Å². The topological polar surface area (TPSA) is 9.23 Å². The van der Waals surface area contributed by atoms with Crippen LogP contribution in [0, 0.1) is 11.8 Å². The standard InChI is InChI=1S/C23H48OSi/c1-10-11-12-13-14-15-17-20(2)18-16-19-21(3)22(4)24-25(8,9)23(5,6)7/h16,18,20-22H,10-15,17,19H2,1-9H3/b18-16+/t20-,21-,22-/m0/s1. The van der Waals surface area contributed by atoms with Gasteiger partial charge in [0, 0.05) is 6.10 Å². The van der Waals surface area contributed by atoms with E-state index in [0.717, 1.165) is 12.3 Å². The summed E-state index contributed by atoms with van der Waals surface area (Å²) in [4.78, 5) is 0. The molecule has 0 aromatic carbocycles. The Morgan fingerprint density at radius 3 is 2.04 bits per heavy atom. The smallest absolute Gasteiger partial charge is 0.192 e. The van der Waals surface area contributed by atoms with E-state index >= 15 is 0 Å². The third-order valence-electron chi connectivity index (χ3n) is 6.07. The van der Waals surface area contributed by atoms with Crippen LogP contribution in [0.1, 0.15) is 99.8 Å². The zero-order chi connectivity index (χ0) is 19.5. The third kappa shape index (κ3) is 11.3. The Hall–Kier alpha value is -0.0831. The maximum atomic E-state index is 6.54. The molecule has 0 amide bonds. The first-order valence-electron chi connectivity index (χ1n) is 10.9. The molecule has 0 saturated heterocycles. The molecule has 0 heterocycles. The van der Waals surface area contributed by atoms with Crippen LogP contribution in [-0.2, 0) is 4.43 Å². The van der Waals surface area contributed by atoms with E-state index in [0.29, 0.717) is 17.1 Å². The highest BCUT2D eigenvalue weighted by atomic mass is 28.4. The molecule has 0 spiro atoms. The second kappa shape index (κ2) is 12.3. The van der Waals surface area contributed by atoms with Crippen molar-refractivity contribution < 1.29 is 4.43 Å². The van der Waals surface area contributed by atoms with Gasteiger partial charge in [0.25, 0.3) is 0 Å². The highest BCUT2D eigenvalue weighted by Gasteiger charge is 2.38. The monoisotopic (exact) mass is 368 g/mol. The zero-order valence-corrected chi connectivity index (χ0v) is 20.0. The molecule has 0 unspecified atom stereocenters. The summed E-state index contributed by atoms with van der Waals surface area (Å²) in [7, 11) is -1.65. The van der Waals surface area contributed by atoms with Crippen molar-refractivity contribution in [2.75, 3.05) is 0 Å². The average molecular weight is 369 g/mol. The molecule has 0 aliphatic heterocycles. The summed E-state index contributed by atoms with van der Waals surface area (Å²) < 4.78 is 6.54. The Morgan fingerprint density at radius 2 is 1.48 bits per heavy atom. The molecule has 25 heavy (non-hydrogen) atoms. The SMILES string of the molecule is CCCCCCCC[C@H](C)/C=C/C[C@H](C)[C@H](C)O[Si](C)(C)C(C)(C)C. The maximum Gasteiger partial charge on any atom is 0.192 e. The first-order chi connectivity index (χ1) is 11.5. The van der Waals surface area contributed by atoms with Gasteiger partial charge in [-0.15, -0.1) is 0 Å². The minimum absolute atomic E-state index is 0.294. The molecule has 0 aliphatic carbocycles. The Kier molecular flexibility index (Phi) is 12.3. The van der Waals surface area contributed by atoms with Crippen LogP contribution in [0.3, 0.4) is 0 Å². The summed E-state index contributed by atoms with van der Waals surface area (Å²) >= 11 is 0. The molecule has 150 valence electrons. The lowest BCUT2D eigenvalue weighted by Gasteiger charge is -2.39. The third-order valence-corrected chi connectivity index (χ3v) is 10.6. The fourth-order valence-electron chi connectivity index (χ4n) is 2.82. The molecule has 2 heteroatoms. The zero-order valence-electron chi connectivity index (χ0n) is 19.0. The van der Waals surface area contributed by atoms with Gasteiger partial charge in [-0.25, -0.2) is 0 Å². The second-order valence-electron chi connectivity index (χ2n) is 9.76. The largest absolute Gasteiger partial charge is 0.414 e. The van der Waals surface area contributed by atoms with E-state index in [1.54, 1.807) is 0 Å². The molecule has 3 atom stereocenters. The number of hydrogen-bond acceptors (Lipinski definition) is 1. The maximum absolute atomic E-state index is 6.54. The van der Waals surface area contributed by atoms with Gasteiger partial charge < -0.3 is 4.43 Å². The van der Waals surface area contributed by atoms with Crippen molar-refractivity contribution in [1.82, 2.24) is 0 Å². The number of rotatable bonds is 13. The Morgan fingerprint density at radius 1 is 0.920 bits per heavy atom. The quantitative estimate of drug-likeness (QED) is 0.180. The molecule has 0 aromatic rings. The van der Waals surface area contributed by atoms with Crippen LogP contribution < -0.4 is 0 Å². The molecule has 0 aliphatic rings. The van der Waals surface area contributed by atoms with Crippen molar-refractivity contribution in [3.63, 3.8) is 0 Å². The average Bonchev–Trinajstić information content (AvgIpc) is 2.49. The Balaban J connectivity index is 4.06. The van der Waals surface area contributed by atoms with E-state index in [2.05, 4.69) is 73.7 Å². The van der Waals surface area contributed by atoms with E-state index in [1.807, 2.05) is 0 Å². The number of allylic oxidation sites excluding steroid dienone is 2. The van der Waals surface area contributed by atoms with Gasteiger partial charge in [-0.1, -0.05) is 92.2 Å². The van der Waals surface area contributed by atoms with Gasteiger partial charge in [0.05, 0.1) is 0 Å². The van der Waals surface area contributed by atoms with E-state index < -0.39 is 8.32 Å². The molecule has 1 nitrogen and oxygen atoms in total. The first-order valence-corrected chi connectivity index (χ1v) is 13.8. The van der Waals surface area contributed by atoms with Gasteiger partial charge in [0.1, 0.15) is 0 Å².